The highest BCUT2D eigenvalue weighted by Gasteiger charge is 2.06. The maximum Gasteiger partial charge on any atom is 0.151 e. The first kappa shape index (κ1) is 11.6. The standard InChI is InChI=1S/C10H11BrO2S/c1-2-3-14-10-5-8(11)7(6-12)4-9(10)13/h4-6,13H,2-3H2,1H3. The summed E-state index contributed by atoms with van der Waals surface area (Å²) in [5, 5.41) is 9.57. The van der Waals surface area contributed by atoms with Crippen molar-refractivity contribution in [2.75, 3.05) is 5.75 Å². The number of phenols is 1. The Bertz CT molecular complexity index is 339. The highest BCUT2D eigenvalue weighted by molar-refractivity contribution is 9.10. The van der Waals surface area contributed by atoms with E-state index in [1.165, 1.54) is 6.07 Å². The number of halogens is 1. The lowest BCUT2D eigenvalue weighted by molar-refractivity contribution is 0.112. The van der Waals surface area contributed by atoms with Crippen LogP contribution in [-0.4, -0.2) is 17.1 Å². The molecule has 0 heterocycles. The molecule has 0 fully saturated rings. The predicted molar refractivity (Wildman–Crippen MR) is 62.2 cm³/mol. The van der Waals surface area contributed by atoms with E-state index in [4.69, 9.17) is 0 Å². The van der Waals surface area contributed by atoms with E-state index in [1.54, 1.807) is 17.8 Å². The van der Waals surface area contributed by atoms with E-state index in [-0.39, 0.29) is 5.75 Å². The maximum atomic E-state index is 10.6. The van der Waals surface area contributed by atoms with Gasteiger partial charge in [0.1, 0.15) is 5.75 Å². The Labute approximate surface area is 95.8 Å². The van der Waals surface area contributed by atoms with Gasteiger partial charge in [-0.2, -0.15) is 0 Å². The second-order valence-electron chi connectivity index (χ2n) is 2.81. The van der Waals surface area contributed by atoms with Crippen molar-refractivity contribution in [2.24, 2.45) is 0 Å². The molecule has 0 saturated carbocycles. The third-order valence-electron chi connectivity index (χ3n) is 1.67. The van der Waals surface area contributed by atoms with E-state index in [0.717, 1.165) is 27.8 Å². The number of carbonyl (C=O) groups is 1. The van der Waals surface area contributed by atoms with Crippen molar-refractivity contribution in [3.05, 3.63) is 22.2 Å². The molecule has 0 bridgehead atoms. The molecule has 1 rings (SSSR count). The van der Waals surface area contributed by atoms with Crippen LogP contribution < -0.4 is 0 Å². The maximum absolute atomic E-state index is 10.6. The summed E-state index contributed by atoms with van der Waals surface area (Å²) in [7, 11) is 0. The van der Waals surface area contributed by atoms with E-state index >= 15 is 0 Å². The summed E-state index contributed by atoms with van der Waals surface area (Å²) < 4.78 is 0.726. The summed E-state index contributed by atoms with van der Waals surface area (Å²) in [6.45, 7) is 2.08. The number of hydrogen-bond acceptors (Lipinski definition) is 3. The van der Waals surface area contributed by atoms with Crippen molar-refractivity contribution in [3.63, 3.8) is 0 Å². The Hall–Kier alpha value is -0.480. The highest BCUT2D eigenvalue weighted by atomic mass is 79.9. The number of rotatable bonds is 4. The third-order valence-corrected chi connectivity index (χ3v) is 3.60. The minimum Gasteiger partial charge on any atom is -0.507 e. The largest absolute Gasteiger partial charge is 0.507 e. The van der Waals surface area contributed by atoms with Gasteiger partial charge < -0.3 is 5.11 Å². The van der Waals surface area contributed by atoms with Gasteiger partial charge in [0, 0.05) is 10.0 Å². The molecule has 0 aliphatic heterocycles. The lowest BCUT2D eigenvalue weighted by Gasteiger charge is -2.05. The lowest BCUT2D eigenvalue weighted by Crippen LogP contribution is -1.85. The Balaban J connectivity index is 2.96. The molecule has 2 nitrogen and oxygen atoms in total. The zero-order valence-corrected chi connectivity index (χ0v) is 10.2. The van der Waals surface area contributed by atoms with Gasteiger partial charge in [0.05, 0.1) is 4.90 Å². The highest BCUT2D eigenvalue weighted by Crippen LogP contribution is 2.33. The van der Waals surface area contributed by atoms with E-state index in [2.05, 4.69) is 22.9 Å². The molecule has 0 atom stereocenters. The first-order valence-electron chi connectivity index (χ1n) is 4.29. The van der Waals surface area contributed by atoms with Gasteiger partial charge in [-0.05, 0) is 24.3 Å². The van der Waals surface area contributed by atoms with Crippen LogP contribution in [0.4, 0.5) is 0 Å². The Morgan fingerprint density at radius 3 is 2.86 bits per heavy atom. The zero-order valence-electron chi connectivity index (χ0n) is 7.79. The molecule has 1 N–H and O–H groups in total. The fourth-order valence-electron chi connectivity index (χ4n) is 0.978. The molecule has 0 saturated heterocycles. The molecule has 0 aromatic heterocycles. The van der Waals surface area contributed by atoms with Crippen molar-refractivity contribution >= 4 is 34.0 Å². The molecule has 0 spiro atoms. The fourth-order valence-corrected chi connectivity index (χ4v) is 2.40. The number of benzene rings is 1. The quantitative estimate of drug-likeness (QED) is 0.675. The lowest BCUT2D eigenvalue weighted by atomic mass is 10.2. The van der Waals surface area contributed by atoms with Crippen molar-refractivity contribution in [1.29, 1.82) is 0 Å². The Morgan fingerprint density at radius 1 is 1.57 bits per heavy atom. The Kier molecular flexibility index (Phi) is 4.48. The predicted octanol–water partition coefficient (Wildman–Crippen LogP) is 3.47. The van der Waals surface area contributed by atoms with Crippen molar-refractivity contribution in [2.45, 2.75) is 18.2 Å². The fraction of sp³-hybridized carbons (Fsp3) is 0.300. The van der Waals surface area contributed by atoms with Crippen LogP contribution >= 0.6 is 27.7 Å². The molecule has 0 unspecified atom stereocenters. The van der Waals surface area contributed by atoms with Gasteiger partial charge in [-0.25, -0.2) is 0 Å². The van der Waals surface area contributed by atoms with Gasteiger partial charge >= 0.3 is 0 Å². The number of aromatic hydroxyl groups is 1. The van der Waals surface area contributed by atoms with Crippen molar-refractivity contribution in [1.82, 2.24) is 0 Å². The molecule has 0 aliphatic rings. The molecule has 14 heavy (non-hydrogen) atoms. The van der Waals surface area contributed by atoms with Gasteiger partial charge in [0.25, 0.3) is 0 Å². The van der Waals surface area contributed by atoms with Gasteiger partial charge in [0.2, 0.25) is 0 Å². The molecule has 4 heteroatoms. The summed E-state index contributed by atoms with van der Waals surface area (Å²) >= 11 is 4.86. The molecule has 0 radical (unpaired) electrons. The smallest absolute Gasteiger partial charge is 0.151 e. The van der Waals surface area contributed by atoms with Crippen LogP contribution in [0.15, 0.2) is 21.5 Å². The first-order valence-corrected chi connectivity index (χ1v) is 6.07. The summed E-state index contributed by atoms with van der Waals surface area (Å²) in [6, 6.07) is 3.26. The van der Waals surface area contributed by atoms with E-state index in [1.807, 2.05) is 0 Å². The topological polar surface area (TPSA) is 37.3 Å². The number of hydrogen-bond donors (Lipinski definition) is 1. The van der Waals surface area contributed by atoms with Crippen LogP contribution in [0, 0.1) is 0 Å². The van der Waals surface area contributed by atoms with E-state index < -0.39 is 0 Å². The Morgan fingerprint density at radius 2 is 2.29 bits per heavy atom. The average molecular weight is 275 g/mol. The first-order chi connectivity index (χ1) is 6.69. The zero-order chi connectivity index (χ0) is 10.6. The molecular weight excluding hydrogens is 264 g/mol. The van der Waals surface area contributed by atoms with E-state index in [0.29, 0.717) is 5.56 Å². The number of thioether (sulfide) groups is 1. The molecule has 0 amide bonds. The second-order valence-corrected chi connectivity index (χ2v) is 4.80. The van der Waals surface area contributed by atoms with Crippen LogP contribution in [0.5, 0.6) is 5.75 Å². The molecule has 1 aromatic rings. The molecule has 1 aromatic carbocycles. The van der Waals surface area contributed by atoms with E-state index in [9.17, 15) is 9.90 Å². The van der Waals surface area contributed by atoms with Crippen molar-refractivity contribution < 1.29 is 9.90 Å². The van der Waals surface area contributed by atoms with Crippen LogP contribution in [0.3, 0.4) is 0 Å². The van der Waals surface area contributed by atoms with Crippen LogP contribution in [0.25, 0.3) is 0 Å². The SMILES string of the molecule is CCCSc1cc(Br)c(C=O)cc1O. The van der Waals surface area contributed by atoms with Crippen molar-refractivity contribution in [3.8, 4) is 5.75 Å². The summed E-state index contributed by atoms with van der Waals surface area (Å²) in [6.07, 6.45) is 1.77. The van der Waals surface area contributed by atoms with Gasteiger partial charge in [-0.15, -0.1) is 11.8 Å². The minimum atomic E-state index is 0.175. The normalized spacial score (nSPS) is 10.1. The van der Waals surface area contributed by atoms with Gasteiger partial charge in [0.15, 0.2) is 6.29 Å². The third kappa shape index (κ3) is 2.75. The molecule has 76 valence electrons. The summed E-state index contributed by atoms with van der Waals surface area (Å²) in [4.78, 5) is 11.4. The summed E-state index contributed by atoms with van der Waals surface area (Å²) in [5.74, 6) is 1.13. The second kappa shape index (κ2) is 5.41. The molecular formula is C10H11BrO2S. The average Bonchev–Trinajstić information content (AvgIpc) is 2.18. The summed E-state index contributed by atoms with van der Waals surface area (Å²) in [5.41, 5.74) is 0.475. The minimum absolute atomic E-state index is 0.175. The van der Waals surface area contributed by atoms with Crippen LogP contribution in [0.1, 0.15) is 23.7 Å². The van der Waals surface area contributed by atoms with Crippen LogP contribution in [-0.2, 0) is 0 Å². The molecule has 0 aliphatic carbocycles. The van der Waals surface area contributed by atoms with Gasteiger partial charge in [-0.3, -0.25) is 4.79 Å². The number of aldehydes is 1. The van der Waals surface area contributed by atoms with Gasteiger partial charge in [-0.1, -0.05) is 22.9 Å². The monoisotopic (exact) mass is 274 g/mol. The number of phenolic OH excluding ortho intramolecular Hbond substituents is 1. The van der Waals surface area contributed by atoms with Crippen LogP contribution in [0.2, 0.25) is 0 Å². The number of carbonyl (C=O) groups excluding carboxylic acids is 1.